The summed E-state index contributed by atoms with van der Waals surface area (Å²) in [6.45, 7) is 1.60. The van der Waals surface area contributed by atoms with Crippen molar-refractivity contribution >= 4 is 11.8 Å². The number of hydrogen-bond acceptors (Lipinski definition) is 3. The van der Waals surface area contributed by atoms with Crippen molar-refractivity contribution in [1.29, 1.82) is 0 Å². The standard InChI is InChI=1S/C11H15N3O3/c1-7-4-9(15)8(5-12-7)11(17)13-6-10(16)14(2)3/h4-5H,6H2,1-3H3,(H,12,15)(H,13,17). The third-order valence-electron chi connectivity index (χ3n) is 2.20. The Morgan fingerprint density at radius 3 is 2.59 bits per heavy atom. The van der Waals surface area contributed by atoms with Gasteiger partial charge in [0.15, 0.2) is 5.43 Å². The maximum atomic E-state index is 11.6. The molecule has 1 rings (SSSR count). The van der Waals surface area contributed by atoms with Gasteiger partial charge in [0.1, 0.15) is 5.56 Å². The average molecular weight is 237 g/mol. The van der Waals surface area contributed by atoms with Crippen LogP contribution in [0.2, 0.25) is 0 Å². The lowest BCUT2D eigenvalue weighted by Crippen LogP contribution is -2.37. The van der Waals surface area contributed by atoms with Crippen molar-refractivity contribution in [2.75, 3.05) is 20.6 Å². The molecule has 92 valence electrons. The molecule has 0 atom stereocenters. The Morgan fingerprint density at radius 1 is 1.41 bits per heavy atom. The molecule has 1 heterocycles. The monoisotopic (exact) mass is 237 g/mol. The first kappa shape index (κ1) is 13.0. The highest BCUT2D eigenvalue weighted by Gasteiger charge is 2.12. The summed E-state index contributed by atoms with van der Waals surface area (Å²) in [5, 5.41) is 2.39. The molecule has 0 unspecified atom stereocenters. The number of aryl methyl sites for hydroxylation is 1. The Bertz CT molecular complexity index is 491. The molecule has 0 spiro atoms. The Hall–Kier alpha value is -2.11. The number of carbonyl (C=O) groups is 2. The second-order valence-electron chi connectivity index (χ2n) is 3.86. The predicted molar refractivity (Wildman–Crippen MR) is 62.8 cm³/mol. The predicted octanol–water partition coefficient (Wildman–Crippen LogP) is -0.499. The van der Waals surface area contributed by atoms with Crippen LogP contribution in [0, 0.1) is 6.92 Å². The minimum atomic E-state index is -0.554. The maximum absolute atomic E-state index is 11.6. The molecule has 0 fully saturated rings. The van der Waals surface area contributed by atoms with Crippen molar-refractivity contribution in [2.24, 2.45) is 0 Å². The number of likely N-dealkylation sites (N-methyl/N-ethyl adjacent to an activating group) is 1. The lowest BCUT2D eigenvalue weighted by atomic mass is 10.2. The number of pyridine rings is 1. The van der Waals surface area contributed by atoms with E-state index >= 15 is 0 Å². The molecule has 1 aromatic rings. The van der Waals surface area contributed by atoms with E-state index in [-0.39, 0.29) is 23.4 Å². The molecule has 0 saturated heterocycles. The number of hydrogen-bond donors (Lipinski definition) is 2. The zero-order chi connectivity index (χ0) is 13.0. The van der Waals surface area contributed by atoms with Gasteiger partial charge < -0.3 is 15.2 Å². The van der Waals surface area contributed by atoms with Crippen molar-refractivity contribution in [3.8, 4) is 0 Å². The lowest BCUT2D eigenvalue weighted by molar-refractivity contribution is -0.127. The molecule has 0 bridgehead atoms. The molecule has 0 aliphatic heterocycles. The van der Waals surface area contributed by atoms with E-state index in [2.05, 4.69) is 10.3 Å². The SMILES string of the molecule is Cc1cc(=O)c(C(=O)NCC(=O)N(C)C)c[nH]1. The number of aromatic nitrogens is 1. The van der Waals surface area contributed by atoms with Crippen LogP contribution in [0.3, 0.4) is 0 Å². The number of amides is 2. The minimum absolute atomic E-state index is 0.00200. The molecule has 1 aromatic heterocycles. The molecule has 2 amide bonds. The fourth-order valence-electron chi connectivity index (χ4n) is 1.16. The van der Waals surface area contributed by atoms with Crippen molar-refractivity contribution in [3.05, 3.63) is 33.7 Å². The third-order valence-corrected chi connectivity index (χ3v) is 2.20. The molecule has 0 aliphatic carbocycles. The fourth-order valence-corrected chi connectivity index (χ4v) is 1.16. The minimum Gasteiger partial charge on any atom is -0.364 e. The molecule has 2 N–H and O–H groups in total. The van der Waals surface area contributed by atoms with Gasteiger partial charge in [-0.1, -0.05) is 0 Å². The highest BCUT2D eigenvalue weighted by molar-refractivity contribution is 5.96. The second kappa shape index (κ2) is 5.29. The number of nitrogens with zero attached hydrogens (tertiary/aromatic N) is 1. The van der Waals surface area contributed by atoms with E-state index in [0.717, 1.165) is 0 Å². The topological polar surface area (TPSA) is 82.3 Å². The van der Waals surface area contributed by atoms with Crippen LogP contribution in [0.4, 0.5) is 0 Å². The van der Waals surface area contributed by atoms with Crippen LogP contribution >= 0.6 is 0 Å². The first-order valence-electron chi connectivity index (χ1n) is 5.09. The molecule has 0 aromatic carbocycles. The number of nitrogens with one attached hydrogen (secondary N) is 2. The molecule has 0 radical (unpaired) electrons. The zero-order valence-electron chi connectivity index (χ0n) is 10.0. The summed E-state index contributed by atoms with van der Waals surface area (Å²) in [6.07, 6.45) is 1.34. The maximum Gasteiger partial charge on any atom is 0.257 e. The summed E-state index contributed by atoms with van der Waals surface area (Å²) < 4.78 is 0. The molecule has 6 nitrogen and oxygen atoms in total. The van der Waals surface area contributed by atoms with Crippen molar-refractivity contribution < 1.29 is 9.59 Å². The summed E-state index contributed by atoms with van der Waals surface area (Å²) >= 11 is 0. The Morgan fingerprint density at radius 2 is 2.06 bits per heavy atom. The van der Waals surface area contributed by atoms with Crippen LogP contribution in [0.5, 0.6) is 0 Å². The van der Waals surface area contributed by atoms with E-state index < -0.39 is 5.91 Å². The van der Waals surface area contributed by atoms with Gasteiger partial charge in [-0.25, -0.2) is 0 Å². The van der Waals surface area contributed by atoms with Crippen molar-refractivity contribution in [2.45, 2.75) is 6.92 Å². The van der Waals surface area contributed by atoms with Crippen LogP contribution in [-0.4, -0.2) is 42.3 Å². The summed E-state index contributed by atoms with van der Waals surface area (Å²) in [5.41, 5.74) is 0.314. The Labute approximate surface area is 98.6 Å². The van der Waals surface area contributed by atoms with Gasteiger partial charge in [-0.15, -0.1) is 0 Å². The highest BCUT2D eigenvalue weighted by Crippen LogP contribution is 1.92. The summed E-state index contributed by atoms with van der Waals surface area (Å²) in [5.74, 6) is -0.789. The highest BCUT2D eigenvalue weighted by atomic mass is 16.2. The van der Waals surface area contributed by atoms with E-state index in [1.807, 2.05) is 0 Å². The van der Waals surface area contributed by atoms with Gasteiger partial charge in [0, 0.05) is 32.1 Å². The lowest BCUT2D eigenvalue weighted by Gasteiger charge is -2.10. The summed E-state index contributed by atoms with van der Waals surface area (Å²) in [4.78, 5) is 38.5. The molecular formula is C11H15N3O3. The third kappa shape index (κ3) is 3.44. The van der Waals surface area contributed by atoms with Gasteiger partial charge >= 0.3 is 0 Å². The van der Waals surface area contributed by atoms with E-state index in [1.54, 1.807) is 21.0 Å². The van der Waals surface area contributed by atoms with Crippen LogP contribution in [0.1, 0.15) is 16.1 Å². The number of aromatic amines is 1. The van der Waals surface area contributed by atoms with Crippen LogP contribution in [0.15, 0.2) is 17.1 Å². The number of carbonyl (C=O) groups excluding carboxylic acids is 2. The first-order chi connectivity index (χ1) is 7.91. The summed E-state index contributed by atoms with van der Waals surface area (Å²) in [6, 6.07) is 1.34. The van der Waals surface area contributed by atoms with Crippen LogP contribution in [0.25, 0.3) is 0 Å². The van der Waals surface area contributed by atoms with E-state index in [4.69, 9.17) is 0 Å². The van der Waals surface area contributed by atoms with Gasteiger partial charge in [0.05, 0.1) is 6.54 Å². The van der Waals surface area contributed by atoms with Gasteiger partial charge in [-0.2, -0.15) is 0 Å². The Balaban J connectivity index is 2.71. The second-order valence-corrected chi connectivity index (χ2v) is 3.86. The largest absolute Gasteiger partial charge is 0.364 e. The van der Waals surface area contributed by atoms with Gasteiger partial charge in [-0.05, 0) is 6.92 Å². The van der Waals surface area contributed by atoms with Crippen LogP contribution in [-0.2, 0) is 4.79 Å². The quantitative estimate of drug-likeness (QED) is 0.743. The number of rotatable bonds is 3. The van der Waals surface area contributed by atoms with E-state index in [0.29, 0.717) is 5.69 Å². The fraction of sp³-hybridized carbons (Fsp3) is 0.364. The van der Waals surface area contributed by atoms with E-state index in [9.17, 15) is 14.4 Å². The zero-order valence-corrected chi connectivity index (χ0v) is 10.0. The molecule has 6 heteroatoms. The van der Waals surface area contributed by atoms with Crippen molar-refractivity contribution in [3.63, 3.8) is 0 Å². The van der Waals surface area contributed by atoms with Gasteiger partial charge in [0.2, 0.25) is 5.91 Å². The summed E-state index contributed by atoms with van der Waals surface area (Å²) in [7, 11) is 3.18. The number of H-pyrrole nitrogens is 1. The molecule has 17 heavy (non-hydrogen) atoms. The smallest absolute Gasteiger partial charge is 0.257 e. The first-order valence-corrected chi connectivity index (χ1v) is 5.09. The molecule has 0 saturated carbocycles. The van der Waals surface area contributed by atoms with Gasteiger partial charge in [-0.3, -0.25) is 14.4 Å². The van der Waals surface area contributed by atoms with E-state index in [1.165, 1.54) is 17.2 Å². The van der Waals surface area contributed by atoms with Crippen molar-refractivity contribution in [1.82, 2.24) is 15.2 Å². The normalized spacial score (nSPS) is 9.82. The average Bonchev–Trinajstić information content (AvgIpc) is 2.25. The van der Waals surface area contributed by atoms with Crippen LogP contribution < -0.4 is 10.7 Å². The Kier molecular flexibility index (Phi) is 4.03. The van der Waals surface area contributed by atoms with Gasteiger partial charge in [0.25, 0.3) is 5.91 Å². The molecule has 0 aliphatic rings. The molecular weight excluding hydrogens is 222 g/mol.